The third-order valence-corrected chi connectivity index (χ3v) is 5.67. The highest BCUT2D eigenvalue weighted by Gasteiger charge is 2.13. The minimum Gasteiger partial charge on any atom is -0.354 e. The van der Waals surface area contributed by atoms with Gasteiger partial charge in [-0.15, -0.1) is 0 Å². The summed E-state index contributed by atoms with van der Waals surface area (Å²) in [6.45, 7) is 6.39. The molecule has 2 heterocycles. The summed E-state index contributed by atoms with van der Waals surface area (Å²) in [5.74, 6) is 0. The molecule has 3 nitrogen and oxygen atoms in total. The Morgan fingerprint density at radius 1 is 0.867 bits per heavy atom. The van der Waals surface area contributed by atoms with Crippen LogP contribution < -0.4 is 5.32 Å². The van der Waals surface area contributed by atoms with E-state index in [4.69, 9.17) is 0 Å². The second kappa shape index (κ2) is 9.73. The molecule has 0 fully saturated rings. The summed E-state index contributed by atoms with van der Waals surface area (Å²) in [6.07, 6.45) is 8.32. The van der Waals surface area contributed by atoms with Gasteiger partial charge in [-0.05, 0) is 93.6 Å². The van der Waals surface area contributed by atoms with Crippen molar-refractivity contribution in [3.63, 3.8) is 0 Å². The third-order valence-electron chi connectivity index (χ3n) is 5.67. The number of H-pyrrole nitrogens is 1. The minimum absolute atomic E-state index is 0.993. The number of fused-ring (bicyclic) bond motifs is 1. The number of unbranched alkanes of at least 4 members (excludes halogenated alkanes) is 1. The van der Waals surface area contributed by atoms with Crippen molar-refractivity contribution in [2.75, 3.05) is 13.1 Å². The van der Waals surface area contributed by atoms with Crippen LogP contribution in [0.2, 0.25) is 0 Å². The van der Waals surface area contributed by atoms with Crippen LogP contribution in [0.3, 0.4) is 0 Å². The fourth-order valence-electron chi connectivity index (χ4n) is 4.29. The van der Waals surface area contributed by atoms with Crippen molar-refractivity contribution in [3.05, 3.63) is 89.2 Å². The van der Waals surface area contributed by atoms with Crippen molar-refractivity contribution < 1.29 is 0 Å². The summed E-state index contributed by atoms with van der Waals surface area (Å²) in [5.41, 5.74) is 9.13. The van der Waals surface area contributed by atoms with Gasteiger partial charge in [-0.2, -0.15) is 0 Å². The van der Waals surface area contributed by atoms with E-state index in [1.807, 2.05) is 18.5 Å². The van der Waals surface area contributed by atoms with Gasteiger partial charge in [0.15, 0.2) is 0 Å². The molecule has 2 aromatic carbocycles. The zero-order valence-corrected chi connectivity index (χ0v) is 18.0. The number of rotatable bonds is 9. The lowest BCUT2D eigenvalue weighted by Gasteiger charge is -2.09. The van der Waals surface area contributed by atoms with Gasteiger partial charge in [0.05, 0.1) is 0 Å². The van der Waals surface area contributed by atoms with Crippen LogP contribution in [0.4, 0.5) is 0 Å². The van der Waals surface area contributed by atoms with E-state index in [-0.39, 0.29) is 0 Å². The Hall–Kier alpha value is -2.91. The number of nitrogens with zero attached hydrogens (tertiary/aromatic N) is 1. The van der Waals surface area contributed by atoms with Crippen LogP contribution in [-0.4, -0.2) is 23.1 Å². The molecule has 3 heteroatoms. The molecule has 0 aliphatic heterocycles. The fourth-order valence-corrected chi connectivity index (χ4v) is 4.29. The largest absolute Gasteiger partial charge is 0.354 e. The third kappa shape index (κ3) is 4.98. The molecule has 2 N–H and O–H groups in total. The first-order valence-electron chi connectivity index (χ1n) is 11.0. The Morgan fingerprint density at radius 2 is 1.70 bits per heavy atom. The van der Waals surface area contributed by atoms with Crippen molar-refractivity contribution in [2.24, 2.45) is 0 Å². The minimum atomic E-state index is 0.993. The van der Waals surface area contributed by atoms with Crippen LogP contribution >= 0.6 is 0 Å². The molecule has 0 unspecified atom stereocenters. The maximum absolute atomic E-state index is 4.19. The van der Waals surface area contributed by atoms with Gasteiger partial charge in [0.2, 0.25) is 0 Å². The summed E-state index contributed by atoms with van der Waals surface area (Å²) in [4.78, 5) is 7.87. The van der Waals surface area contributed by atoms with Gasteiger partial charge >= 0.3 is 0 Å². The Labute approximate surface area is 179 Å². The molecular weight excluding hydrogens is 366 g/mol. The number of aromatic nitrogens is 2. The number of pyridine rings is 1. The Morgan fingerprint density at radius 3 is 2.50 bits per heavy atom. The number of nitrogens with one attached hydrogen (secondary N) is 2. The van der Waals surface area contributed by atoms with E-state index >= 15 is 0 Å². The van der Waals surface area contributed by atoms with Gasteiger partial charge in [-0.25, -0.2) is 0 Å². The van der Waals surface area contributed by atoms with Crippen LogP contribution in [0, 0.1) is 13.8 Å². The van der Waals surface area contributed by atoms with E-state index in [2.05, 4.69) is 77.7 Å². The number of aryl methyl sites for hydroxylation is 3. The standard InChI is InChI=1S/C27H31N3/c1-20-16-21(2)18-23(17-20)27-25(24-10-3-4-11-26(24)30-27)12-15-28-13-6-5-8-22-9-7-14-29-19-22/h3-4,7,9-11,14,16-19,28,30H,5-6,8,12-13,15H2,1-2H3. The molecule has 0 radical (unpaired) electrons. The number of hydrogen-bond donors (Lipinski definition) is 2. The average Bonchev–Trinajstić information content (AvgIpc) is 3.12. The maximum atomic E-state index is 4.19. The second-order valence-corrected chi connectivity index (χ2v) is 8.22. The smallest absolute Gasteiger partial charge is 0.0498 e. The lowest BCUT2D eigenvalue weighted by Crippen LogP contribution is -2.18. The van der Waals surface area contributed by atoms with E-state index in [0.29, 0.717) is 0 Å². The van der Waals surface area contributed by atoms with Gasteiger partial charge in [0.1, 0.15) is 0 Å². The Bertz CT molecular complexity index is 1080. The second-order valence-electron chi connectivity index (χ2n) is 8.22. The summed E-state index contributed by atoms with van der Waals surface area (Å²) < 4.78 is 0. The summed E-state index contributed by atoms with van der Waals surface area (Å²) in [6, 6.07) is 19.6. The molecule has 0 saturated carbocycles. The lowest BCUT2D eigenvalue weighted by molar-refractivity contribution is 0.623. The van der Waals surface area contributed by atoms with Crippen molar-refractivity contribution in [3.8, 4) is 11.3 Å². The molecule has 2 aromatic heterocycles. The normalized spacial score (nSPS) is 11.3. The van der Waals surface area contributed by atoms with Crippen LogP contribution in [0.5, 0.6) is 0 Å². The van der Waals surface area contributed by atoms with Crippen LogP contribution in [0.1, 0.15) is 35.1 Å². The predicted octanol–water partition coefficient (Wildman–Crippen LogP) is 6.00. The van der Waals surface area contributed by atoms with Crippen LogP contribution in [0.15, 0.2) is 67.0 Å². The number of para-hydroxylation sites is 1. The first-order valence-corrected chi connectivity index (χ1v) is 11.0. The molecule has 0 aliphatic rings. The monoisotopic (exact) mass is 397 g/mol. The zero-order valence-electron chi connectivity index (χ0n) is 18.0. The predicted molar refractivity (Wildman–Crippen MR) is 127 cm³/mol. The Kier molecular flexibility index (Phi) is 6.60. The first-order chi connectivity index (χ1) is 14.7. The van der Waals surface area contributed by atoms with Crippen molar-refractivity contribution in [1.29, 1.82) is 0 Å². The summed E-state index contributed by atoms with van der Waals surface area (Å²) in [7, 11) is 0. The molecule has 0 spiro atoms. The van der Waals surface area contributed by atoms with E-state index in [1.165, 1.54) is 57.3 Å². The first kappa shape index (κ1) is 20.4. The van der Waals surface area contributed by atoms with E-state index in [0.717, 1.165) is 25.9 Å². The summed E-state index contributed by atoms with van der Waals surface area (Å²) in [5, 5.41) is 4.98. The van der Waals surface area contributed by atoms with E-state index in [1.54, 1.807) is 0 Å². The molecule has 0 atom stereocenters. The van der Waals surface area contributed by atoms with Crippen LogP contribution in [0.25, 0.3) is 22.2 Å². The lowest BCUT2D eigenvalue weighted by atomic mass is 9.99. The molecule has 0 bridgehead atoms. The zero-order chi connectivity index (χ0) is 20.8. The van der Waals surface area contributed by atoms with E-state index < -0.39 is 0 Å². The molecule has 30 heavy (non-hydrogen) atoms. The number of hydrogen-bond acceptors (Lipinski definition) is 2. The number of aromatic amines is 1. The molecular formula is C27H31N3. The van der Waals surface area contributed by atoms with Crippen molar-refractivity contribution in [1.82, 2.24) is 15.3 Å². The van der Waals surface area contributed by atoms with Gasteiger partial charge in [-0.3, -0.25) is 4.98 Å². The molecule has 0 saturated heterocycles. The highest BCUT2D eigenvalue weighted by Crippen LogP contribution is 2.31. The molecule has 0 amide bonds. The molecule has 4 rings (SSSR count). The maximum Gasteiger partial charge on any atom is 0.0498 e. The molecule has 154 valence electrons. The highest BCUT2D eigenvalue weighted by atomic mass is 14.8. The van der Waals surface area contributed by atoms with Crippen LogP contribution in [-0.2, 0) is 12.8 Å². The van der Waals surface area contributed by atoms with Gasteiger partial charge in [-0.1, -0.05) is 41.5 Å². The SMILES string of the molecule is Cc1cc(C)cc(-c2[nH]c3ccccc3c2CCNCCCCc2cccnc2)c1. The quantitative estimate of drug-likeness (QED) is 0.340. The van der Waals surface area contributed by atoms with Crippen molar-refractivity contribution >= 4 is 10.9 Å². The fraction of sp³-hybridized carbons (Fsp3) is 0.296. The molecule has 0 aliphatic carbocycles. The van der Waals surface area contributed by atoms with Gasteiger partial charge in [0, 0.05) is 29.0 Å². The topological polar surface area (TPSA) is 40.7 Å². The van der Waals surface area contributed by atoms with Crippen molar-refractivity contribution in [2.45, 2.75) is 39.5 Å². The summed E-state index contributed by atoms with van der Waals surface area (Å²) >= 11 is 0. The highest BCUT2D eigenvalue weighted by molar-refractivity contribution is 5.91. The van der Waals surface area contributed by atoms with E-state index in [9.17, 15) is 0 Å². The Balaban J connectivity index is 1.38. The molecule has 4 aromatic rings. The number of benzene rings is 2. The van der Waals surface area contributed by atoms with Gasteiger partial charge in [0.25, 0.3) is 0 Å². The average molecular weight is 398 g/mol. The van der Waals surface area contributed by atoms with Gasteiger partial charge < -0.3 is 10.3 Å².